The summed E-state index contributed by atoms with van der Waals surface area (Å²) in [5.74, 6) is 0.199. The first kappa shape index (κ1) is 27.9. The second-order valence-electron chi connectivity index (χ2n) is 8.81. The Morgan fingerprint density at radius 1 is 1.23 bits per heavy atom. The van der Waals surface area contributed by atoms with E-state index in [0.29, 0.717) is 11.2 Å². The molecule has 2 aliphatic heterocycles. The van der Waals surface area contributed by atoms with Crippen LogP contribution in [0.3, 0.4) is 0 Å². The van der Waals surface area contributed by atoms with Gasteiger partial charge in [-0.3, -0.25) is 28.0 Å². The van der Waals surface area contributed by atoms with Crippen LogP contribution in [0.15, 0.2) is 34.5 Å². The van der Waals surface area contributed by atoms with Crippen molar-refractivity contribution < 1.29 is 38.0 Å². The van der Waals surface area contributed by atoms with Crippen LogP contribution in [0.5, 0.6) is 0 Å². The molecular formula is C20H26N7O10PS. The monoisotopic (exact) mass is 587 g/mol. The normalized spacial score (nSPS) is 30.6. The Morgan fingerprint density at radius 3 is 2.74 bits per heavy atom. The number of methoxy groups -OCH3 is 1. The van der Waals surface area contributed by atoms with E-state index < -0.39 is 67.6 Å². The van der Waals surface area contributed by atoms with E-state index in [1.54, 1.807) is 4.57 Å². The standard InChI is InChI=1S/C20H26N7O10PS/c1-33-16-15(10(5-28)36-19(16)26-3-2-12(30)25-20(26)31)37-38(32,39)34-6-11-9(29)4-13(35-11)27-8-24-14-17(21)22-7-23-18(14)27/h2-3,7-11,13,15-16,19,28-29H,4-6H2,1H3,(H,32,39)(H2,21,22,23)(H,25,30,31)/t9-,10-,11-,13-,15?,16+,19-,38-/m1/s1. The number of ether oxygens (including phenoxy) is 3. The molecule has 0 radical (unpaired) electrons. The summed E-state index contributed by atoms with van der Waals surface area (Å²) in [4.78, 5) is 38.0. The molecule has 8 atom stereocenters. The number of rotatable bonds is 9. The van der Waals surface area contributed by atoms with E-state index in [9.17, 15) is 24.4 Å². The van der Waals surface area contributed by atoms with Gasteiger partial charge in [0.05, 0.1) is 25.6 Å². The zero-order valence-electron chi connectivity index (χ0n) is 20.3. The summed E-state index contributed by atoms with van der Waals surface area (Å²) in [6.45, 7) is -5.09. The third-order valence-electron chi connectivity index (χ3n) is 6.42. The molecular weight excluding hydrogens is 561 g/mol. The minimum absolute atomic E-state index is 0.158. The number of hydrogen-bond acceptors (Lipinski definition) is 14. The molecule has 0 spiro atoms. The second-order valence-corrected chi connectivity index (χ2v) is 11.7. The summed E-state index contributed by atoms with van der Waals surface area (Å²) in [5, 5.41) is 20.4. The maximum absolute atomic E-state index is 13.2. The van der Waals surface area contributed by atoms with Crippen LogP contribution in [0.25, 0.3) is 11.2 Å². The molecule has 5 heterocycles. The van der Waals surface area contributed by atoms with Gasteiger partial charge < -0.3 is 30.2 Å². The molecule has 0 saturated carbocycles. The van der Waals surface area contributed by atoms with E-state index in [4.69, 9.17) is 29.0 Å². The zero-order valence-corrected chi connectivity index (χ0v) is 22.1. The summed E-state index contributed by atoms with van der Waals surface area (Å²) in [6.07, 6.45) is -2.89. The van der Waals surface area contributed by atoms with Crippen LogP contribution in [0.1, 0.15) is 18.9 Å². The molecule has 3 aromatic rings. The number of nitrogens with one attached hydrogen (secondary N) is 1. The lowest BCUT2D eigenvalue weighted by atomic mass is 10.1. The number of nitrogen functional groups attached to an aromatic ring is 1. The molecule has 5 rings (SSSR count). The fourth-order valence-electron chi connectivity index (χ4n) is 4.55. The van der Waals surface area contributed by atoms with Crippen molar-refractivity contribution in [2.45, 2.75) is 49.4 Å². The van der Waals surface area contributed by atoms with E-state index in [1.807, 2.05) is 0 Å². The number of aliphatic hydroxyl groups excluding tert-OH is 2. The van der Waals surface area contributed by atoms with Crippen molar-refractivity contribution in [3.8, 4) is 0 Å². The van der Waals surface area contributed by atoms with Gasteiger partial charge in [-0.15, -0.1) is 0 Å². The topological polar surface area (TPSA) is 228 Å². The molecule has 39 heavy (non-hydrogen) atoms. The highest BCUT2D eigenvalue weighted by atomic mass is 32.7. The van der Waals surface area contributed by atoms with Gasteiger partial charge in [-0.1, -0.05) is 12.2 Å². The third-order valence-corrected chi connectivity index (χ3v) is 8.04. The zero-order chi connectivity index (χ0) is 27.9. The molecule has 2 fully saturated rings. The first-order valence-corrected chi connectivity index (χ1v) is 14.3. The predicted octanol–water partition coefficient (Wildman–Crippen LogP) is -1.05. The predicted molar refractivity (Wildman–Crippen MR) is 135 cm³/mol. The fourth-order valence-corrected chi connectivity index (χ4v) is 6.04. The Bertz CT molecular complexity index is 1500. The fraction of sp³-hybridized carbons (Fsp3) is 0.550. The number of aromatic amines is 1. The highest BCUT2D eigenvalue weighted by molar-refractivity contribution is 8.44. The SMILES string of the molecule is CO[C@H]1C(O[P@](=O)(S)OC[C@H]2O[C@@H](n3cnc4c(N)ncnc43)C[C@H]2O)[C@@H](CO)O[C@H]1n1ccc(=O)[nH]c1=O. The number of aliphatic hydroxyl groups is 2. The van der Waals surface area contributed by atoms with Crippen molar-refractivity contribution in [2.24, 2.45) is 0 Å². The Kier molecular flexibility index (Phi) is 7.91. The van der Waals surface area contributed by atoms with Crippen LogP contribution in [-0.2, 0) is 27.8 Å². The molecule has 2 aliphatic rings. The summed E-state index contributed by atoms with van der Waals surface area (Å²) in [5.41, 5.74) is 5.24. The summed E-state index contributed by atoms with van der Waals surface area (Å²) < 4.78 is 43.9. The molecule has 3 aromatic heterocycles. The lowest BCUT2D eigenvalue weighted by Crippen LogP contribution is -2.39. The molecule has 0 bridgehead atoms. The second kappa shape index (κ2) is 11.1. The Morgan fingerprint density at radius 2 is 2.03 bits per heavy atom. The van der Waals surface area contributed by atoms with E-state index in [0.717, 1.165) is 10.6 Å². The van der Waals surface area contributed by atoms with Gasteiger partial charge in [0.25, 0.3) is 5.56 Å². The summed E-state index contributed by atoms with van der Waals surface area (Å²) in [7, 11) is 1.30. The average molecular weight is 588 g/mol. The van der Waals surface area contributed by atoms with E-state index in [2.05, 4.69) is 32.2 Å². The molecule has 0 aliphatic carbocycles. The molecule has 0 aromatic carbocycles. The molecule has 5 N–H and O–H groups in total. The number of fused-ring (bicyclic) bond motifs is 1. The number of H-pyrrole nitrogens is 1. The molecule has 17 nitrogen and oxygen atoms in total. The number of nitrogens with two attached hydrogens (primary N) is 1. The number of imidazole rings is 1. The van der Waals surface area contributed by atoms with Crippen LogP contribution in [-0.4, -0.2) is 90.1 Å². The Balaban J connectivity index is 1.26. The maximum atomic E-state index is 13.2. The lowest BCUT2D eigenvalue weighted by molar-refractivity contribution is -0.0625. The Hall–Kier alpha value is -2.67. The minimum atomic E-state index is -4.15. The first-order chi connectivity index (χ1) is 18.6. The molecule has 19 heteroatoms. The summed E-state index contributed by atoms with van der Waals surface area (Å²) in [6, 6.07) is 1.11. The lowest BCUT2D eigenvalue weighted by Gasteiger charge is -2.26. The molecule has 0 amide bonds. The maximum Gasteiger partial charge on any atom is 0.386 e. The van der Waals surface area contributed by atoms with Gasteiger partial charge in [0.2, 0.25) is 0 Å². The highest BCUT2D eigenvalue weighted by Gasteiger charge is 2.50. The van der Waals surface area contributed by atoms with E-state index >= 15 is 0 Å². The van der Waals surface area contributed by atoms with E-state index in [1.165, 1.54) is 26.0 Å². The van der Waals surface area contributed by atoms with Gasteiger partial charge in [-0.25, -0.2) is 24.3 Å². The van der Waals surface area contributed by atoms with Crippen LogP contribution < -0.4 is 17.0 Å². The van der Waals surface area contributed by atoms with Crippen LogP contribution in [0.4, 0.5) is 5.82 Å². The highest BCUT2D eigenvalue weighted by Crippen LogP contribution is 2.56. The van der Waals surface area contributed by atoms with Gasteiger partial charge in [-0.05, 0) is 0 Å². The van der Waals surface area contributed by atoms with Gasteiger partial charge in [0.1, 0.15) is 42.5 Å². The smallest absolute Gasteiger partial charge is 0.386 e. The quantitative estimate of drug-likeness (QED) is 0.149. The van der Waals surface area contributed by atoms with E-state index in [-0.39, 0.29) is 18.8 Å². The van der Waals surface area contributed by atoms with Crippen molar-refractivity contribution in [3.05, 3.63) is 45.8 Å². The van der Waals surface area contributed by atoms with Crippen LogP contribution >= 0.6 is 19.0 Å². The molecule has 2 saturated heterocycles. The van der Waals surface area contributed by atoms with Gasteiger partial charge in [0, 0.05) is 25.8 Å². The Labute approximate surface area is 224 Å². The van der Waals surface area contributed by atoms with Gasteiger partial charge in [0.15, 0.2) is 17.7 Å². The van der Waals surface area contributed by atoms with Crippen molar-refractivity contribution in [3.63, 3.8) is 0 Å². The number of thiol groups is 1. The van der Waals surface area contributed by atoms with Crippen LogP contribution in [0, 0.1) is 0 Å². The minimum Gasteiger partial charge on any atom is -0.394 e. The molecule has 212 valence electrons. The largest absolute Gasteiger partial charge is 0.394 e. The van der Waals surface area contributed by atoms with Gasteiger partial charge >= 0.3 is 12.5 Å². The summed E-state index contributed by atoms with van der Waals surface area (Å²) >= 11 is 4.03. The van der Waals surface area contributed by atoms with Crippen molar-refractivity contribution in [1.29, 1.82) is 0 Å². The third kappa shape index (κ3) is 5.52. The first-order valence-electron chi connectivity index (χ1n) is 11.6. The van der Waals surface area contributed by atoms with Crippen molar-refractivity contribution in [1.82, 2.24) is 29.1 Å². The average Bonchev–Trinajstić information content (AvgIpc) is 3.58. The number of anilines is 1. The number of hydrogen-bond donors (Lipinski definition) is 5. The van der Waals surface area contributed by atoms with Crippen molar-refractivity contribution in [2.75, 3.05) is 26.1 Å². The number of aromatic nitrogens is 6. The van der Waals surface area contributed by atoms with Crippen LogP contribution in [0.2, 0.25) is 0 Å². The molecule has 1 unspecified atom stereocenters. The van der Waals surface area contributed by atoms with Crippen molar-refractivity contribution >= 4 is 36.0 Å². The number of nitrogens with zero attached hydrogens (tertiary/aromatic N) is 5. The van der Waals surface area contributed by atoms with Gasteiger partial charge in [-0.2, -0.15) is 0 Å².